The highest BCUT2D eigenvalue weighted by atomic mass is 32.1. The van der Waals surface area contributed by atoms with Gasteiger partial charge in [0.1, 0.15) is 11.1 Å². The Labute approximate surface area is 120 Å². The van der Waals surface area contributed by atoms with Crippen molar-refractivity contribution in [2.45, 2.75) is 6.10 Å². The molecule has 8 heteroatoms. The van der Waals surface area contributed by atoms with Gasteiger partial charge in [-0.3, -0.25) is 4.90 Å². The summed E-state index contributed by atoms with van der Waals surface area (Å²) in [6.45, 7) is 1.62. The number of hydrogen-bond acceptors (Lipinski definition) is 5. The van der Waals surface area contributed by atoms with Crippen LogP contribution in [0.3, 0.4) is 0 Å². The summed E-state index contributed by atoms with van der Waals surface area (Å²) in [5.41, 5.74) is 0. The maximum Gasteiger partial charge on any atom is 0.415 e. The number of cyclic esters (lactones) is 1. The van der Waals surface area contributed by atoms with Crippen molar-refractivity contribution in [2.75, 3.05) is 38.3 Å². The number of methoxy groups -OCH3 is 1. The number of anilines is 1. The predicted molar refractivity (Wildman–Crippen MR) is 75.2 cm³/mol. The summed E-state index contributed by atoms with van der Waals surface area (Å²) < 4.78 is 10.0. The zero-order valence-electron chi connectivity index (χ0n) is 11.1. The molecule has 1 saturated heterocycles. The summed E-state index contributed by atoms with van der Waals surface area (Å²) in [7, 11) is 1.57. The van der Waals surface area contributed by atoms with E-state index >= 15 is 0 Å². The van der Waals surface area contributed by atoms with Crippen LogP contribution in [0, 0.1) is 0 Å². The van der Waals surface area contributed by atoms with Crippen LogP contribution in [0.2, 0.25) is 0 Å². The molecule has 0 aliphatic carbocycles. The molecular formula is C12H17N3O4S. The predicted octanol–water partition coefficient (Wildman–Crippen LogP) is 1.02. The van der Waals surface area contributed by atoms with E-state index in [0.717, 1.165) is 5.00 Å². The number of ether oxygens (including phenoxy) is 2. The van der Waals surface area contributed by atoms with E-state index in [9.17, 15) is 9.59 Å². The van der Waals surface area contributed by atoms with Crippen LogP contribution in [-0.2, 0) is 9.47 Å². The Hall–Kier alpha value is -1.80. The Morgan fingerprint density at radius 3 is 3.15 bits per heavy atom. The minimum absolute atomic E-state index is 0.284. The van der Waals surface area contributed by atoms with Crippen LogP contribution in [0.25, 0.3) is 0 Å². The van der Waals surface area contributed by atoms with Crippen molar-refractivity contribution in [3.8, 4) is 0 Å². The second-order valence-corrected chi connectivity index (χ2v) is 5.12. The SMILES string of the molecule is COCCNC(=O)NCC1CN(c2cccs2)C(=O)O1. The van der Waals surface area contributed by atoms with E-state index in [1.54, 1.807) is 12.0 Å². The second-order valence-electron chi connectivity index (χ2n) is 4.20. The normalized spacial score (nSPS) is 17.9. The number of nitrogens with one attached hydrogen (secondary N) is 2. The molecule has 1 fully saturated rings. The first-order chi connectivity index (χ1) is 9.70. The number of nitrogens with zero attached hydrogens (tertiary/aromatic N) is 1. The molecule has 1 unspecified atom stereocenters. The summed E-state index contributed by atoms with van der Waals surface area (Å²) in [5.74, 6) is 0. The van der Waals surface area contributed by atoms with Gasteiger partial charge in [-0.2, -0.15) is 0 Å². The number of carbonyl (C=O) groups excluding carboxylic acids is 2. The van der Waals surface area contributed by atoms with Crippen molar-refractivity contribution in [1.82, 2.24) is 10.6 Å². The first kappa shape index (κ1) is 14.6. The molecule has 1 aromatic rings. The maximum absolute atomic E-state index is 11.7. The molecule has 0 radical (unpaired) electrons. The molecule has 0 aromatic carbocycles. The van der Waals surface area contributed by atoms with E-state index in [1.165, 1.54) is 11.3 Å². The number of hydrogen-bond donors (Lipinski definition) is 2. The number of amides is 3. The fourth-order valence-electron chi connectivity index (χ4n) is 1.77. The third-order valence-corrected chi connectivity index (χ3v) is 3.62. The van der Waals surface area contributed by atoms with Crippen LogP contribution in [0.4, 0.5) is 14.6 Å². The molecule has 2 heterocycles. The first-order valence-corrected chi connectivity index (χ1v) is 7.11. The minimum atomic E-state index is -0.376. The van der Waals surface area contributed by atoms with Crippen LogP contribution in [-0.4, -0.2) is 51.6 Å². The minimum Gasteiger partial charge on any atom is -0.442 e. The summed E-state index contributed by atoms with van der Waals surface area (Å²) in [6.07, 6.45) is -0.711. The smallest absolute Gasteiger partial charge is 0.415 e. The van der Waals surface area contributed by atoms with Crippen LogP contribution in [0.15, 0.2) is 17.5 Å². The largest absolute Gasteiger partial charge is 0.442 e. The fourth-order valence-corrected chi connectivity index (χ4v) is 2.50. The summed E-state index contributed by atoms with van der Waals surface area (Å²) in [5, 5.41) is 8.04. The van der Waals surface area contributed by atoms with Gasteiger partial charge in [-0.1, -0.05) is 0 Å². The van der Waals surface area contributed by atoms with Gasteiger partial charge in [-0.25, -0.2) is 9.59 Å². The van der Waals surface area contributed by atoms with E-state index in [2.05, 4.69) is 10.6 Å². The van der Waals surface area contributed by atoms with E-state index in [0.29, 0.717) is 19.7 Å². The number of urea groups is 1. The van der Waals surface area contributed by atoms with Crippen molar-refractivity contribution in [3.63, 3.8) is 0 Å². The molecule has 2 rings (SSSR count). The third kappa shape index (κ3) is 3.84. The molecule has 3 amide bonds. The molecule has 7 nitrogen and oxygen atoms in total. The Morgan fingerprint density at radius 2 is 2.45 bits per heavy atom. The van der Waals surface area contributed by atoms with Crippen molar-refractivity contribution in [3.05, 3.63) is 17.5 Å². The molecule has 0 bridgehead atoms. The molecule has 1 aliphatic rings. The van der Waals surface area contributed by atoms with Gasteiger partial charge in [-0.05, 0) is 17.5 Å². The van der Waals surface area contributed by atoms with Crippen molar-refractivity contribution in [2.24, 2.45) is 0 Å². The zero-order chi connectivity index (χ0) is 14.4. The van der Waals surface area contributed by atoms with Crippen molar-refractivity contribution in [1.29, 1.82) is 0 Å². The van der Waals surface area contributed by atoms with Gasteiger partial charge in [0, 0.05) is 13.7 Å². The van der Waals surface area contributed by atoms with Gasteiger partial charge in [0.05, 0.1) is 19.7 Å². The van der Waals surface area contributed by atoms with Crippen LogP contribution in [0.1, 0.15) is 0 Å². The monoisotopic (exact) mass is 299 g/mol. The zero-order valence-corrected chi connectivity index (χ0v) is 11.9. The number of thiophene rings is 1. The Morgan fingerprint density at radius 1 is 1.60 bits per heavy atom. The lowest BCUT2D eigenvalue weighted by Gasteiger charge is -2.11. The van der Waals surface area contributed by atoms with Crippen LogP contribution >= 0.6 is 11.3 Å². The van der Waals surface area contributed by atoms with Gasteiger partial charge in [0.25, 0.3) is 0 Å². The first-order valence-electron chi connectivity index (χ1n) is 6.23. The topological polar surface area (TPSA) is 79.9 Å². The summed E-state index contributed by atoms with van der Waals surface area (Å²) in [4.78, 5) is 24.7. The van der Waals surface area contributed by atoms with E-state index in [1.807, 2.05) is 17.5 Å². The third-order valence-electron chi connectivity index (χ3n) is 2.73. The maximum atomic E-state index is 11.7. The fraction of sp³-hybridized carbons (Fsp3) is 0.500. The van der Waals surface area contributed by atoms with Crippen LogP contribution < -0.4 is 15.5 Å². The van der Waals surface area contributed by atoms with E-state index < -0.39 is 0 Å². The quantitative estimate of drug-likeness (QED) is 0.769. The van der Waals surface area contributed by atoms with Crippen molar-refractivity contribution < 1.29 is 19.1 Å². The second kappa shape index (κ2) is 7.11. The van der Waals surface area contributed by atoms with E-state index in [-0.39, 0.29) is 24.8 Å². The van der Waals surface area contributed by atoms with Gasteiger partial charge in [0.15, 0.2) is 0 Å². The van der Waals surface area contributed by atoms with Crippen LogP contribution in [0.5, 0.6) is 0 Å². The lowest BCUT2D eigenvalue weighted by molar-refractivity contribution is 0.140. The molecule has 0 spiro atoms. The van der Waals surface area contributed by atoms with E-state index in [4.69, 9.17) is 9.47 Å². The highest BCUT2D eigenvalue weighted by Crippen LogP contribution is 2.25. The molecule has 1 atom stereocenters. The molecule has 20 heavy (non-hydrogen) atoms. The molecular weight excluding hydrogens is 282 g/mol. The lowest BCUT2D eigenvalue weighted by Crippen LogP contribution is -2.41. The van der Waals surface area contributed by atoms with Crippen molar-refractivity contribution >= 4 is 28.5 Å². The number of carbonyl (C=O) groups is 2. The Kier molecular flexibility index (Phi) is 5.19. The Balaban J connectivity index is 1.73. The molecule has 2 N–H and O–H groups in total. The Bertz CT molecular complexity index is 452. The summed E-state index contributed by atoms with van der Waals surface area (Å²) in [6, 6.07) is 3.44. The summed E-state index contributed by atoms with van der Waals surface area (Å²) >= 11 is 1.48. The highest BCUT2D eigenvalue weighted by molar-refractivity contribution is 7.14. The number of rotatable bonds is 6. The highest BCUT2D eigenvalue weighted by Gasteiger charge is 2.32. The van der Waals surface area contributed by atoms with Gasteiger partial charge in [0.2, 0.25) is 0 Å². The molecule has 1 aromatic heterocycles. The molecule has 1 aliphatic heterocycles. The van der Waals surface area contributed by atoms with Gasteiger partial charge < -0.3 is 20.1 Å². The molecule has 110 valence electrons. The molecule has 0 saturated carbocycles. The van der Waals surface area contributed by atoms with Gasteiger partial charge in [-0.15, -0.1) is 11.3 Å². The van der Waals surface area contributed by atoms with Gasteiger partial charge >= 0.3 is 12.1 Å². The standard InChI is InChI=1S/C12H17N3O4S/c1-18-5-4-13-11(16)14-7-9-8-15(12(17)19-9)10-3-2-6-20-10/h2-3,6,9H,4-5,7-8H2,1H3,(H2,13,14,16). The lowest BCUT2D eigenvalue weighted by atomic mass is 10.3. The average Bonchev–Trinajstić information content (AvgIpc) is 3.06. The average molecular weight is 299 g/mol.